The second kappa shape index (κ2) is 8.91. The van der Waals surface area contributed by atoms with Crippen LogP contribution in [0.15, 0.2) is 76.5 Å². The number of hydrogen-bond donors (Lipinski definition) is 0. The lowest BCUT2D eigenvalue weighted by Gasteiger charge is -2.02. The van der Waals surface area contributed by atoms with Crippen molar-refractivity contribution >= 4 is 21.6 Å². The fourth-order valence-electron chi connectivity index (χ4n) is 3.87. The van der Waals surface area contributed by atoms with Crippen molar-refractivity contribution in [3.63, 3.8) is 0 Å². The minimum Gasteiger partial charge on any atom is -0.416 e. The summed E-state index contributed by atoms with van der Waals surface area (Å²) in [5.41, 5.74) is 4.02. The Labute approximate surface area is 190 Å². The van der Waals surface area contributed by atoms with Gasteiger partial charge in [-0.1, -0.05) is 60.3 Å². The molecule has 4 aromatic rings. The largest absolute Gasteiger partial charge is 0.416 e. The van der Waals surface area contributed by atoms with Crippen LogP contribution < -0.4 is 0 Å². The molecule has 0 bridgehead atoms. The van der Waals surface area contributed by atoms with E-state index >= 15 is 0 Å². The Morgan fingerprint density at radius 1 is 1.03 bits per heavy atom. The Balaban J connectivity index is 1.33. The van der Waals surface area contributed by atoms with E-state index in [4.69, 9.17) is 9.52 Å². The third kappa shape index (κ3) is 4.78. The van der Waals surface area contributed by atoms with Gasteiger partial charge in [-0.05, 0) is 24.5 Å². The minimum atomic E-state index is -2.91. The lowest BCUT2D eigenvalue weighted by atomic mass is 10.1. The summed E-state index contributed by atoms with van der Waals surface area (Å²) in [6.07, 6.45) is 3.20. The van der Waals surface area contributed by atoms with Gasteiger partial charge in [0, 0.05) is 29.5 Å². The van der Waals surface area contributed by atoms with E-state index in [1.54, 1.807) is 0 Å². The highest BCUT2D eigenvalue weighted by Crippen LogP contribution is 2.30. The number of aromatic nitrogens is 4. The van der Waals surface area contributed by atoms with E-state index in [0.717, 1.165) is 22.5 Å². The number of hydrogen-bond acceptors (Lipinski definition) is 7. The maximum atomic E-state index is 11.7. The van der Waals surface area contributed by atoms with E-state index in [-0.39, 0.29) is 17.4 Å². The quantitative estimate of drug-likeness (QED) is 0.377. The van der Waals surface area contributed by atoms with Gasteiger partial charge in [0.25, 0.3) is 5.22 Å². The van der Waals surface area contributed by atoms with Crippen LogP contribution in [0.3, 0.4) is 0 Å². The van der Waals surface area contributed by atoms with Crippen LogP contribution in [0.1, 0.15) is 17.9 Å². The average molecular weight is 467 g/mol. The van der Waals surface area contributed by atoms with Crippen LogP contribution in [0.2, 0.25) is 0 Å². The predicted octanol–water partition coefficient (Wildman–Crippen LogP) is 4.19. The van der Waals surface area contributed by atoms with Crippen LogP contribution in [-0.2, 0) is 22.0 Å². The van der Waals surface area contributed by atoms with Gasteiger partial charge in [0.15, 0.2) is 9.84 Å². The fourth-order valence-corrected chi connectivity index (χ4v) is 6.47. The highest BCUT2D eigenvalue weighted by Gasteiger charge is 2.29. The Bertz CT molecular complexity index is 1300. The molecule has 0 spiro atoms. The van der Waals surface area contributed by atoms with Crippen molar-refractivity contribution in [2.45, 2.75) is 23.8 Å². The third-order valence-corrected chi connectivity index (χ3v) is 8.15. The highest BCUT2D eigenvalue weighted by molar-refractivity contribution is 7.98. The van der Waals surface area contributed by atoms with Crippen LogP contribution in [0, 0.1) is 5.92 Å². The number of rotatable bonds is 7. The summed E-state index contributed by atoms with van der Waals surface area (Å²) in [5.74, 6) is 1.64. The normalized spacial score (nSPS) is 17.6. The molecular formula is C23H22N4O3S2. The molecule has 0 amide bonds. The first-order chi connectivity index (χ1) is 15.6. The summed E-state index contributed by atoms with van der Waals surface area (Å²) in [6.45, 7) is 0. The van der Waals surface area contributed by atoms with E-state index in [0.29, 0.717) is 29.7 Å². The van der Waals surface area contributed by atoms with Crippen molar-refractivity contribution in [2.75, 3.05) is 11.5 Å². The number of sulfone groups is 1. The number of thioether (sulfide) groups is 1. The van der Waals surface area contributed by atoms with Gasteiger partial charge in [-0.15, -0.1) is 10.2 Å². The summed E-state index contributed by atoms with van der Waals surface area (Å²) in [4.78, 5) is 0. The first-order valence-corrected chi connectivity index (χ1v) is 13.2. The second-order valence-corrected chi connectivity index (χ2v) is 11.0. The molecule has 1 atom stereocenters. The van der Waals surface area contributed by atoms with Crippen molar-refractivity contribution in [3.8, 4) is 16.9 Å². The Morgan fingerprint density at radius 2 is 1.78 bits per heavy atom. The third-order valence-electron chi connectivity index (χ3n) is 5.45. The molecule has 2 aromatic heterocycles. The number of benzene rings is 2. The number of nitrogens with zero attached hydrogens (tertiary/aromatic N) is 4. The van der Waals surface area contributed by atoms with Crippen LogP contribution in [0.4, 0.5) is 0 Å². The summed E-state index contributed by atoms with van der Waals surface area (Å²) >= 11 is 1.46. The molecule has 0 N–H and O–H groups in total. The predicted molar refractivity (Wildman–Crippen MR) is 123 cm³/mol. The van der Waals surface area contributed by atoms with Crippen molar-refractivity contribution < 1.29 is 12.8 Å². The molecular weight excluding hydrogens is 444 g/mol. The SMILES string of the molecule is O=S1(=O)CCC(Cc2nnc(SCc3cn(-c4ccccc4)nc3-c3ccccc3)o2)C1. The van der Waals surface area contributed by atoms with E-state index in [9.17, 15) is 8.42 Å². The molecule has 7 nitrogen and oxygen atoms in total. The molecule has 1 fully saturated rings. The van der Waals surface area contributed by atoms with Crippen molar-refractivity contribution in [3.05, 3.63) is 78.3 Å². The Morgan fingerprint density at radius 3 is 2.50 bits per heavy atom. The maximum Gasteiger partial charge on any atom is 0.276 e. The summed E-state index contributed by atoms with van der Waals surface area (Å²) < 4.78 is 31.0. The van der Waals surface area contributed by atoms with E-state index in [2.05, 4.69) is 10.2 Å². The van der Waals surface area contributed by atoms with Gasteiger partial charge in [0.2, 0.25) is 5.89 Å². The zero-order valence-electron chi connectivity index (χ0n) is 17.3. The van der Waals surface area contributed by atoms with E-state index in [1.165, 1.54) is 11.8 Å². The van der Waals surface area contributed by atoms with Gasteiger partial charge >= 0.3 is 0 Å². The molecule has 0 aliphatic carbocycles. The summed E-state index contributed by atoms with van der Waals surface area (Å²) in [7, 11) is -2.91. The number of para-hydroxylation sites is 1. The Kier molecular flexibility index (Phi) is 5.84. The van der Waals surface area contributed by atoms with Crippen molar-refractivity contribution in [1.29, 1.82) is 0 Å². The van der Waals surface area contributed by atoms with E-state index < -0.39 is 9.84 Å². The molecule has 1 saturated heterocycles. The van der Waals surface area contributed by atoms with Crippen molar-refractivity contribution in [2.24, 2.45) is 5.92 Å². The topological polar surface area (TPSA) is 90.9 Å². The van der Waals surface area contributed by atoms with Crippen LogP contribution in [0.5, 0.6) is 0 Å². The molecule has 1 aliphatic heterocycles. The first kappa shape index (κ1) is 21.0. The molecule has 0 radical (unpaired) electrons. The van der Waals surface area contributed by atoms with Crippen LogP contribution >= 0.6 is 11.8 Å². The first-order valence-electron chi connectivity index (χ1n) is 10.4. The molecule has 1 aliphatic rings. The molecule has 1 unspecified atom stereocenters. The fraction of sp³-hybridized carbons (Fsp3) is 0.261. The lowest BCUT2D eigenvalue weighted by molar-refractivity contribution is 0.389. The molecule has 3 heterocycles. The molecule has 164 valence electrons. The summed E-state index contributed by atoms with van der Waals surface area (Å²) in [6, 6.07) is 20.1. The molecule has 32 heavy (non-hydrogen) atoms. The maximum absolute atomic E-state index is 11.7. The monoisotopic (exact) mass is 466 g/mol. The van der Waals surface area contributed by atoms with Gasteiger partial charge in [0.05, 0.1) is 22.9 Å². The minimum absolute atomic E-state index is 0.0621. The summed E-state index contributed by atoms with van der Waals surface area (Å²) in [5, 5.41) is 13.6. The zero-order valence-corrected chi connectivity index (χ0v) is 18.9. The molecule has 9 heteroatoms. The highest BCUT2D eigenvalue weighted by atomic mass is 32.2. The van der Waals surface area contributed by atoms with E-state index in [1.807, 2.05) is 71.5 Å². The van der Waals surface area contributed by atoms with Gasteiger partial charge in [-0.3, -0.25) is 0 Å². The zero-order chi connectivity index (χ0) is 22.0. The molecule has 5 rings (SSSR count). The molecule has 0 saturated carbocycles. The van der Waals surface area contributed by atoms with Crippen molar-refractivity contribution in [1.82, 2.24) is 20.0 Å². The van der Waals surface area contributed by atoms with Crippen LogP contribution in [-0.4, -0.2) is 39.9 Å². The van der Waals surface area contributed by atoms with Gasteiger partial charge in [-0.25, -0.2) is 13.1 Å². The van der Waals surface area contributed by atoms with Gasteiger partial charge in [-0.2, -0.15) is 5.10 Å². The smallest absolute Gasteiger partial charge is 0.276 e. The Hall–Kier alpha value is -2.91. The molecule has 2 aromatic carbocycles. The second-order valence-electron chi connectivity index (χ2n) is 7.87. The van der Waals surface area contributed by atoms with Crippen LogP contribution in [0.25, 0.3) is 16.9 Å². The standard InChI is InChI=1S/C23H22N4O3S2/c28-32(29)12-11-17(16-32)13-21-24-25-23(30-21)31-15-19-14-27(20-9-5-2-6-10-20)26-22(19)18-7-3-1-4-8-18/h1-10,14,17H,11-13,15-16H2. The lowest BCUT2D eigenvalue weighted by Crippen LogP contribution is -2.07. The van der Waals surface area contributed by atoms with Gasteiger partial charge < -0.3 is 4.42 Å². The average Bonchev–Trinajstić information content (AvgIpc) is 3.52. The van der Waals surface area contributed by atoms with Gasteiger partial charge in [0.1, 0.15) is 0 Å².